The van der Waals surface area contributed by atoms with E-state index in [4.69, 9.17) is 5.73 Å². The monoisotopic (exact) mass is 264 g/mol. The molecule has 7 heteroatoms. The summed E-state index contributed by atoms with van der Waals surface area (Å²) in [6.45, 7) is 0. The third-order valence-electron chi connectivity index (χ3n) is 2.44. The third kappa shape index (κ3) is 2.25. The molecule has 0 fully saturated rings. The van der Waals surface area contributed by atoms with Crippen molar-refractivity contribution in [3.63, 3.8) is 0 Å². The van der Waals surface area contributed by atoms with Crippen molar-refractivity contribution in [1.29, 1.82) is 0 Å². The number of nitrogens with zero attached hydrogens (tertiary/aromatic N) is 3. The SMILES string of the molecule is CN(c1ccc(N)nc1)S(=O)(=O)c1ccncc1. The maximum absolute atomic E-state index is 12.3. The number of rotatable bonds is 3. The highest BCUT2D eigenvalue weighted by molar-refractivity contribution is 7.92. The zero-order chi connectivity index (χ0) is 13.2. The molecule has 2 rings (SSSR count). The second kappa shape index (κ2) is 4.61. The summed E-state index contributed by atoms with van der Waals surface area (Å²) in [5, 5.41) is 0. The summed E-state index contributed by atoms with van der Waals surface area (Å²) in [7, 11) is -2.13. The lowest BCUT2D eigenvalue weighted by Gasteiger charge is -2.18. The average Bonchev–Trinajstić information content (AvgIpc) is 2.40. The Balaban J connectivity index is 2.39. The summed E-state index contributed by atoms with van der Waals surface area (Å²) in [6.07, 6.45) is 4.28. The van der Waals surface area contributed by atoms with Crippen LogP contribution in [0, 0.1) is 0 Å². The molecule has 2 N–H and O–H groups in total. The molecule has 0 radical (unpaired) electrons. The number of pyridine rings is 2. The van der Waals surface area contributed by atoms with Crippen LogP contribution in [0.5, 0.6) is 0 Å². The Morgan fingerprint density at radius 2 is 1.83 bits per heavy atom. The number of anilines is 2. The van der Waals surface area contributed by atoms with E-state index in [1.54, 1.807) is 12.1 Å². The van der Waals surface area contributed by atoms with Gasteiger partial charge in [-0.25, -0.2) is 13.4 Å². The molecule has 94 valence electrons. The van der Waals surface area contributed by atoms with Crippen molar-refractivity contribution >= 4 is 21.5 Å². The van der Waals surface area contributed by atoms with E-state index in [1.807, 2.05) is 0 Å². The van der Waals surface area contributed by atoms with Gasteiger partial charge in [-0.3, -0.25) is 9.29 Å². The van der Waals surface area contributed by atoms with Gasteiger partial charge in [0.1, 0.15) is 5.82 Å². The summed E-state index contributed by atoms with van der Waals surface area (Å²) in [5.74, 6) is 0.341. The molecule has 18 heavy (non-hydrogen) atoms. The molecule has 0 aliphatic heterocycles. The van der Waals surface area contributed by atoms with Crippen LogP contribution in [0.1, 0.15) is 0 Å². The van der Waals surface area contributed by atoms with Crippen LogP contribution < -0.4 is 10.0 Å². The van der Waals surface area contributed by atoms with E-state index in [0.29, 0.717) is 11.5 Å². The largest absolute Gasteiger partial charge is 0.384 e. The fraction of sp³-hybridized carbons (Fsp3) is 0.0909. The Hall–Kier alpha value is -2.15. The molecule has 0 atom stereocenters. The summed E-state index contributed by atoms with van der Waals surface area (Å²) in [6, 6.07) is 6.03. The van der Waals surface area contributed by atoms with Crippen LogP contribution in [0.3, 0.4) is 0 Å². The molecule has 0 unspecified atom stereocenters. The summed E-state index contributed by atoms with van der Waals surface area (Å²) in [5.41, 5.74) is 5.91. The Bertz CT molecular complexity index is 626. The molecule has 2 heterocycles. The van der Waals surface area contributed by atoms with Crippen LogP contribution in [0.4, 0.5) is 11.5 Å². The van der Waals surface area contributed by atoms with Gasteiger partial charge in [0.2, 0.25) is 0 Å². The number of aromatic nitrogens is 2. The van der Waals surface area contributed by atoms with E-state index >= 15 is 0 Å². The van der Waals surface area contributed by atoms with Gasteiger partial charge >= 0.3 is 0 Å². The highest BCUT2D eigenvalue weighted by Gasteiger charge is 2.21. The molecule has 0 aliphatic carbocycles. The van der Waals surface area contributed by atoms with Crippen LogP contribution in [-0.2, 0) is 10.0 Å². The topological polar surface area (TPSA) is 89.2 Å². The number of nitrogens with two attached hydrogens (primary N) is 1. The second-order valence-corrected chi connectivity index (χ2v) is 5.57. The normalized spacial score (nSPS) is 11.2. The molecule has 2 aromatic rings. The van der Waals surface area contributed by atoms with E-state index in [0.717, 1.165) is 4.31 Å². The van der Waals surface area contributed by atoms with Gasteiger partial charge in [-0.05, 0) is 24.3 Å². The second-order valence-electron chi connectivity index (χ2n) is 3.60. The van der Waals surface area contributed by atoms with E-state index in [1.165, 1.54) is 37.8 Å². The molecule has 0 aromatic carbocycles. The van der Waals surface area contributed by atoms with Crippen molar-refractivity contribution in [1.82, 2.24) is 9.97 Å². The van der Waals surface area contributed by atoms with E-state index in [2.05, 4.69) is 9.97 Å². The lowest BCUT2D eigenvalue weighted by Crippen LogP contribution is -2.26. The minimum Gasteiger partial charge on any atom is -0.384 e. The maximum atomic E-state index is 12.3. The van der Waals surface area contributed by atoms with Crippen molar-refractivity contribution in [2.24, 2.45) is 0 Å². The molecular weight excluding hydrogens is 252 g/mol. The van der Waals surface area contributed by atoms with Gasteiger partial charge in [0.25, 0.3) is 10.0 Å². The average molecular weight is 264 g/mol. The molecule has 6 nitrogen and oxygen atoms in total. The van der Waals surface area contributed by atoms with Crippen molar-refractivity contribution in [3.8, 4) is 0 Å². The highest BCUT2D eigenvalue weighted by atomic mass is 32.2. The first-order chi connectivity index (χ1) is 8.51. The van der Waals surface area contributed by atoms with Gasteiger partial charge in [0.05, 0.1) is 16.8 Å². The Labute approximate surface area is 105 Å². The van der Waals surface area contributed by atoms with Crippen molar-refractivity contribution in [2.45, 2.75) is 4.90 Å². The number of hydrogen-bond donors (Lipinski definition) is 1. The highest BCUT2D eigenvalue weighted by Crippen LogP contribution is 2.20. The smallest absolute Gasteiger partial charge is 0.264 e. The third-order valence-corrected chi connectivity index (χ3v) is 4.24. The van der Waals surface area contributed by atoms with Crippen molar-refractivity contribution in [2.75, 3.05) is 17.1 Å². The van der Waals surface area contributed by atoms with Crippen LogP contribution in [0.15, 0.2) is 47.8 Å². The van der Waals surface area contributed by atoms with E-state index < -0.39 is 10.0 Å². The van der Waals surface area contributed by atoms with Gasteiger partial charge in [0.15, 0.2) is 0 Å². The van der Waals surface area contributed by atoms with E-state index in [-0.39, 0.29) is 4.90 Å². The minimum absolute atomic E-state index is 0.178. The zero-order valence-corrected chi connectivity index (χ0v) is 10.5. The standard InChI is InChI=1S/C11H12N4O2S/c1-15(9-2-3-11(12)14-8-9)18(16,17)10-4-6-13-7-5-10/h2-8H,1H3,(H2,12,14). The molecule has 0 spiro atoms. The summed E-state index contributed by atoms with van der Waals surface area (Å²) in [4.78, 5) is 7.84. The van der Waals surface area contributed by atoms with Gasteiger partial charge in [-0.2, -0.15) is 0 Å². The molecule has 0 amide bonds. The van der Waals surface area contributed by atoms with Gasteiger partial charge in [0, 0.05) is 19.4 Å². The molecule has 0 aliphatic rings. The predicted octanol–water partition coefficient (Wildman–Crippen LogP) is 0.884. The lowest BCUT2D eigenvalue weighted by molar-refractivity contribution is 0.594. The minimum atomic E-state index is -3.59. The first kappa shape index (κ1) is 12.3. The zero-order valence-electron chi connectivity index (χ0n) is 9.69. The number of hydrogen-bond acceptors (Lipinski definition) is 5. The first-order valence-corrected chi connectivity index (χ1v) is 6.56. The first-order valence-electron chi connectivity index (χ1n) is 5.12. The fourth-order valence-electron chi connectivity index (χ4n) is 1.39. The summed E-state index contributed by atoms with van der Waals surface area (Å²) < 4.78 is 25.7. The number of sulfonamides is 1. The van der Waals surface area contributed by atoms with Gasteiger partial charge in [-0.15, -0.1) is 0 Å². The van der Waals surface area contributed by atoms with Gasteiger partial charge in [-0.1, -0.05) is 0 Å². The fourth-order valence-corrected chi connectivity index (χ4v) is 2.56. The quantitative estimate of drug-likeness (QED) is 0.889. The Kier molecular flexibility index (Phi) is 3.15. The van der Waals surface area contributed by atoms with Crippen LogP contribution in [0.25, 0.3) is 0 Å². The van der Waals surface area contributed by atoms with Crippen molar-refractivity contribution < 1.29 is 8.42 Å². The van der Waals surface area contributed by atoms with Crippen LogP contribution >= 0.6 is 0 Å². The number of nitrogen functional groups attached to an aromatic ring is 1. The molecule has 0 saturated carbocycles. The van der Waals surface area contributed by atoms with Gasteiger partial charge < -0.3 is 5.73 Å². The maximum Gasteiger partial charge on any atom is 0.264 e. The summed E-state index contributed by atoms with van der Waals surface area (Å²) >= 11 is 0. The molecule has 0 saturated heterocycles. The van der Waals surface area contributed by atoms with E-state index in [9.17, 15) is 8.42 Å². The van der Waals surface area contributed by atoms with Crippen LogP contribution in [0.2, 0.25) is 0 Å². The Morgan fingerprint density at radius 3 is 2.39 bits per heavy atom. The predicted molar refractivity (Wildman–Crippen MR) is 68.5 cm³/mol. The molecule has 0 bridgehead atoms. The van der Waals surface area contributed by atoms with Crippen LogP contribution in [-0.4, -0.2) is 25.4 Å². The molecular formula is C11H12N4O2S. The Morgan fingerprint density at radius 1 is 1.17 bits per heavy atom. The lowest BCUT2D eigenvalue weighted by atomic mass is 10.4. The van der Waals surface area contributed by atoms with Crippen molar-refractivity contribution in [3.05, 3.63) is 42.9 Å². The molecule has 2 aromatic heterocycles.